The zero-order valence-electron chi connectivity index (χ0n) is 12.4. The van der Waals surface area contributed by atoms with E-state index in [1.807, 2.05) is 25.1 Å². The van der Waals surface area contributed by atoms with Gasteiger partial charge in [0.05, 0.1) is 11.9 Å². The van der Waals surface area contributed by atoms with Crippen LogP contribution in [-0.4, -0.2) is 20.7 Å². The van der Waals surface area contributed by atoms with Crippen LogP contribution in [0.4, 0.5) is 11.4 Å². The molecule has 0 saturated heterocycles. The van der Waals surface area contributed by atoms with Crippen molar-refractivity contribution < 1.29 is 8.42 Å². The van der Waals surface area contributed by atoms with Gasteiger partial charge in [0.15, 0.2) is 0 Å². The summed E-state index contributed by atoms with van der Waals surface area (Å²) < 4.78 is 25.1. The van der Waals surface area contributed by atoms with Gasteiger partial charge in [-0.25, -0.2) is 8.42 Å². The molecule has 1 aliphatic rings. The molecule has 1 aromatic carbocycles. The van der Waals surface area contributed by atoms with Gasteiger partial charge in [0.25, 0.3) is 0 Å². The van der Waals surface area contributed by atoms with Gasteiger partial charge in [0.1, 0.15) is 0 Å². The van der Waals surface area contributed by atoms with E-state index in [9.17, 15) is 8.42 Å². The van der Waals surface area contributed by atoms with Crippen molar-refractivity contribution in [3.63, 3.8) is 0 Å². The highest BCUT2D eigenvalue weighted by Gasteiger charge is 2.21. The molecule has 1 aliphatic carbocycles. The molecule has 2 N–H and O–H groups in total. The molecule has 0 aliphatic heterocycles. The summed E-state index contributed by atoms with van der Waals surface area (Å²) in [5, 5.41) is 3.58. The van der Waals surface area contributed by atoms with E-state index in [0.717, 1.165) is 11.3 Å². The molecular formula is C15H24N2O2S. The van der Waals surface area contributed by atoms with Crippen LogP contribution in [0, 0.1) is 12.8 Å². The maximum absolute atomic E-state index is 11.3. The zero-order chi connectivity index (χ0) is 14.8. The molecule has 0 heterocycles. The Morgan fingerprint density at radius 3 is 2.50 bits per heavy atom. The topological polar surface area (TPSA) is 58.2 Å². The first-order chi connectivity index (χ1) is 9.35. The minimum absolute atomic E-state index is 0.525. The van der Waals surface area contributed by atoms with Gasteiger partial charge in [-0.15, -0.1) is 0 Å². The fraction of sp³-hybridized carbons (Fsp3) is 0.600. The lowest BCUT2D eigenvalue weighted by Gasteiger charge is -2.30. The van der Waals surface area contributed by atoms with Crippen molar-refractivity contribution in [3.05, 3.63) is 23.8 Å². The number of sulfonamides is 1. The van der Waals surface area contributed by atoms with E-state index in [-0.39, 0.29) is 0 Å². The number of anilines is 2. The van der Waals surface area contributed by atoms with Crippen molar-refractivity contribution in [2.24, 2.45) is 5.92 Å². The van der Waals surface area contributed by atoms with Crippen molar-refractivity contribution in [2.45, 2.75) is 45.6 Å². The van der Waals surface area contributed by atoms with Gasteiger partial charge in [-0.2, -0.15) is 0 Å². The predicted molar refractivity (Wildman–Crippen MR) is 84.7 cm³/mol. The van der Waals surface area contributed by atoms with E-state index in [2.05, 4.69) is 17.0 Å². The molecule has 0 amide bonds. The first kappa shape index (κ1) is 15.2. The average Bonchev–Trinajstić information content (AvgIpc) is 2.34. The second-order valence-corrected chi connectivity index (χ2v) is 7.66. The third kappa shape index (κ3) is 4.13. The highest BCUT2D eigenvalue weighted by atomic mass is 32.2. The lowest BCUT2D eigenvalue weighted by atomic mass is 9.86. The lowest BCUT2D eigenvalue weighted by molar-refractivity contribution is 0.349. The van der Waals surface area contributed by atoms with Crippen LogP contribution in [0.5, 0.6) is 0 Å². The third-order valence-electron chi connectivity index (χ3n) is 3.99. The summed E-state index contributed by atoms with van der Waals surface area (Å²) in [4.78, 5) is 0. The largest absolute Gasteiger partial charge is 0.382 e. The van der Waals surface area contributed by atoms with Gasteiger partial charge in [0.2, 0.25) is 10.0 Å². The summed E-state index contributed by atoms with van der Waals surface area (Å²) in [6.07, 6.45) is 6.28. The van der Waals surface area contributed by atoms with Crippen molar-refractivity contribution in [2.75, 3.05) is 16.3 Å². The van der Waals surface area contributed by atoms with Crippen LogP contribution in [0.2, 0.25) is 0 Å². The van der Waals surface area contributed by atoms with Gasteiger partial charge in [0, 0.05) is 11.7 Å². The zero-order valence-corrected chi connectivity index (χ0v) is 13.3. The number of nitrogens with one attached hydrogen (secondary N) is 2. The van der Waals surface area contributed by atoms with Gasteiger partial charge >= 0.3 is 0 Å². The second kappa shape index (κ2) is 6.04. The first-order valence-electron chi connectivity index (χ1n) is 7.20. The second-order valence-electron chi connectivity index (χ2n) is 5.92. The minimum Gasteiger partial charge on any atom is -0.382 e. The van der Waals surface area contributed by atoms with E-state index in [4.69, 9.17) is 0 Å². The van der Waals surface area contributed by atoms with E-state index < -0.39 is 10.0 Å². The van der Waals surface area contributed by atoms with Crippen molar-refractivity contribution in [3.8, 4) is 0 Å². The quantitative estimate of drug-likeness (QED) is 0.895. The Morgan fingerprint density at radius 1 is 1.20 bits per heavy atom. The van der Waals surface area contributed by atoms with E-state index >= 15 is 0 Å². The summed E-state index contributed by atoms with van der Waals surface area (Å²) in [5.74, 6) is 0.692. The maximum Gasteiger partial charge on any atom is 0.229 e. The molecule has 4 nitrogen and oxygen atoms in total. The van der Waals surface area contributed by atoms with Gasteiger partial charge in [-0.3, -0.25) is 4.72 Å². The normalized spacial score (nSPS) is 23.4. The molecule has 20 heavy (non-hydrogen) atoms. The molecule has 2 rings (SSSR count). The smallest absolute Gasteiger partial charge is 0.229 e. The van der Waals surface area contributed by atoms with Crippen LogP contribution in [0.25, 0.3) is 0 Å². The Kier molecular flexibility index (Phi) is 4.58. The Labute approximate surface area is 122 Å². The van der Waals surface area contributed by atoms with Gasteiger partial charge in [-0.1, -0.05) is 19.8 Å². The SMILES string of the molecule is Cc1cc(NC2CCCCC2C)ccc1NS(C)(=O)=O. The molecule has 2 atom stereocenters. The molecule has 0 spiro atoms. The van der Waals surface area contributed by atoms with Gasteiger partial charge < -0.3 is 5.32 Å². The molecule has 1 saturated carbocycles. The molecule has 0 radical (unpaired) electrons. The maximum atomic E-state index is 11.3. The fourth-order valence-corrected chi connectivity index (χ4v) is 3.44. The standard InChI is InChI=1S/C15H24N2O2S/c1-11-6-4-5-7-14(11)16-13-8-9-15(12(2)10-13)17-20(3,18)19/h8-11,14,16-17H,4-7H2,1-3H3. The summed E-state index contributed by atoms with van der Waals surface area (Å²) >= 11 is 0. The molecule has 5 heteroatoms. The first-order valence-corrected chi connectivity index (χ1v) is 9.09. The van der Waals surface area contributed by atoms with Crippen molar-refractivity contribution in [1.29, 1.82) is 0 Å². The number of rotatable bonds is 4. The number of hydrogen-bond donors (Lipinski definition) is 2. The van der Waals surface area contributed by atoms with Crippen LogP contribution in [-0.2, 0) is 10.0 Å². The summed E-state index contributed by atoms with van der Waals surface area (Å²) in [6, 6.07) is 6.31. The summed E-state index contributed by atoms with van der Waals surface area (Å²) in [5.41, 5.74) is 2.65. The Balaban J connectivity index is 2.08. The Morgan fingerprint density at radius 2 is 1.90 bits per heavy atom. The Hall–Kier alpha value is -1.23. The molecule has 112 valence electrons. The highest BCUT2D eigenvalue weighted by Crippen LogP contribution is 2.28. The Bertz CT molecular complexity index is 569. The van der Waals surface area contributed by atoms with E-state index in [0.29, 0.717) is 17.6 Å². The van der Waals surface area contributed by atoms with Crippen LogP contribution in [0.15, 0.2) is 18.2 Å². The van der Waals surface area contributed by atoms with Crippen LogP contribution in [0.3, 0.4) is 0 Å². The molecule has 0 aromatic heterocycles. The third-order valence-corrected chi connectivity index (χ3v) is 4.58. The van der Waals surface area contributed by atoms with E-state index in [1.165, 1.54) is 31.9 Å². The fourth-order valence-electron chi connectivity index (χ4n) is 2.81. The molecule has 2 unspecified atom stereocenters. The average molecular weight is 296 g/mol. The minimum atomic E-state index is -3.22. The van der Waals surface area contributed by atoms with Crippen molar-refractivity contribution in [1.82, 2.24) is 0 Å². The molecule has 0 bridgehead atoms. The lowest BCUT2D eigenvalue weighted by Crippen LogP contribution is -2.30. The van der Waals surface area contributed by atoms with Crippen LogP contribution < -0.4 is 10.0 Å². The number of aryl methyl sites for hydroxylation is 1. The summed E-state index contributed by atoms with van der Waals surface area (Å²) in [6.45, 7) is 4.21. The summed E-state index contributed by atoms with van der Waals surface area (Å²) in [7, 11) is -3.22. The van der Waals surface area contributed by atoms with Crippen LogP contribution >= 0.6 is 0 Å². The predicted octanol–water partition coefficient (Wildman–Crippen LogP) is 3.36. The highest BCUT2D eigenvalue weighted by molar-refractivity contribution is 7.92. The van der Waals surface area contributed by atoms with Gasteiger partial charge in [-0.05, 0) is 49.4 Å². The van der Waals surface area contributed by atoms with Crippen molar-refractivity contribution >= 4 is 21.4 Å². The number of hydrogen-bond acceptors (Lipinski definition) is 3. The van der Waals surface area contributed by atoms with Crippen LogP contribution in [0.1, 0.15) is 38.2 Å². The molecular weight excluding hydrogens is 272 g/mol. The molecule has 1 fully saturated rings. The molecule has 1 aromatic rings. The number of benzene rings is 1. The monoisotopic (exact) mass is 296 g/mol. The van der Waals surface area contributed by atoms with E-state index in [1.54, 1.807) is 0 Å².